The summed E-state index contributed by atoms with van der Waals surface area (Å²) in [6.45, 7) is 6.18. The second kappa shape index (κ2) is 7.45. The number of carbonyl (C=O) groups excluding carboxylic acids is 1. The predicted octanol–water partition coefficient (Wildman–Crippen LogP) is 3.16. The van der Waals surface area contributed by atoms with Crippen LogP contribution in [0.15, 0.2) is 22.7 Å². The molecule has 0 saturated heterocycles. The minimum Gasteiger partial charge on any atom is -0.481 e. The number of aryl methyl sites for hydroxylation is 1. The van der Waals surface area contributed by atoms with Gasteiger partial charge in [-0.05, 0) is 44.4 Å². The molecule has 0 saturated carbocycles. The third-order valence-electron chi connectivity index (χ3n) is 3.16. The number of hydrogen-bond donors (Lipinski definition) is 3. The molecule has 0 aliphatic carbocycles. The molecule has 1 rings (SSSR count). The average Bonchev–Trinajstić information content (AvgIpc) is 2.37. The van der Waals surface area contributed by atoms with Crippen LogP contribution in [-0.4, -0.2) is 23.7 Å². The zero-order chi connectivity index (χ0) is 16.0. The van der Waals surface area contributed by atoms with E-state index in [0.29, 0.717) is 13.0 Å². The number of carboxylic acids is 1. The van der Waals surface area contributed by atoms with Crippen molar-refractivity contribution in [2.45, 2.75) is 39.2 Å². The maximum atomic E-state index is 11.8. The molecule has 116 valence electrons. The van der Waals surface area contributed by atoms with E-state index in [2.05, 4.69) is 26.6 Å². The van der Waals surface area contributed by atoms with Gasteiger partial charge in [0.05, 0.1) is 5.54 Å². The molecule has 0 aliphatic rings. The largest absolute Gasteiger partial charge is 0.481 e. The number of halogens is 1. The first kappa shape index (κ1) is 17.5. The van der Waals surface area contributed by atoms with Crippen LogP contribution in [0.25, 0.3) is 0 Å². The number of amides is 2. The van der Waals surface area contributed by atoms with Crippen LogP contribution in [-0.2, 0) is 10.3 Å². The lowest BCUT2D eigenvalue weighted by atomic mass is 9.93. The first-order valence-electron chi connectivity index (χ1n) is 6.77. The van der Waals surface area contributed by atoms with Crippen molar-refractivity contribution in [3.63, 3.8) is 0 Å². The summed E-state index contributed by atoms with van der Waals surface area (Å²) in [5, 5.41) is 14.1. The second-order valence-corrected chi connectivity index (χ2v) is 6.32. The van der Waals surface area contributed by atoms with Gasteiger partial charge in [-0.3, -0.25) is 4.79 Å². The summed E-state index contributed by atoms with van der Waals surface area (Å²) in [4.78, 5) is 22.2. The van der Waals surface area contributed by atoms with E-state index >= 15 is 0 Å². The molecule has 21 heavy (non-hydrogen) atoms. The Balaban J connectivity index is 2.56. The van der Waals surface area contributed by atoms with Gasteiger partial charge in [-0.25, -0.2) is 4.79 Å². The highest BCUT2D eigenvalue weighted by Gasteiger charge is 2.23. The van der Waals surface area contributed by atoms with Crippen LogP contribution in [0.2, 0.25) is 0 Å². The molecule has 1 aromatic carbocycles. The van der Waals surface area contributed by atoms with E-state index in [4.69, 9.17) is 5.11 Å². The normalized spacial score (nSPS) is 11.0. The Hall–Kier alpha value is -1.56. The van der Waals surface area contributed by atoms with Crippen molar-refractivity contribution in [3.05, 3.63) is 33.8 Å². The molecule has 0 heterocycles. The fourth-order valence-electron chi connectivity index (χ4n) is 1.88. The van der Waals surface area contributed by atoms with Crippen molar-refractivity contribution in [3.8, 4) is 0 Å². The topological polar surface area (TPSA) is 78.4 Å². The van der Waals surface area contributed by atoms with Gasteiger partial charge in [0.1, 0.15) is 0 Å². The van der Waals surface area contributed by atoms with Crippen LogP contribution in [0.3, 0.4) is 0 Å². The molecular weight excluding hydrogens is 336 g/mol. The lowest BCUT2D eigenvalue weighted by molar-refractivity contribution is -0.137. The molecule has 6 heteroatoms. The fourth-order valence-corrected chi connectivity index (χ4v) is 2.12. The number of nitrogens with one attached hydrogen (secondary N) is 2. The molecule has 0 radical (unpaired) electrons. The highest BCUT2D eigenvalue weighted by atomic mass is 79.9. The van der Waals surface area contributed by atoms with Crippen molar-refractivity contribution >= 4 is 27.9 Å². The lowest BCUT2D eigenvalue weighted by Gasteiger charge is -2.27. The summed E-state index contributed by atoms with van der Waals surface area (Å²) in [7, 11) is 0. The minimum atomic E-state index is -0.858. The third kappa shape index (κ3) is 5.75. The van der Waals surface area contributed by atoms with E-state index in [0.717, 1.165) is 15.6 Å². The molecule has 0 aromatic heterocycles. The van der Waals surface area contributed by atoms with Gasteiger partial charge in [0.25, 0.3) is 0 Å². The molecule has 1 aromatic rings. The summed E-state index contributed by atoms with van der Waals surface area (Å²) < 4.78 is 1.03. The summed E-state index contributed by atoms with van der Waals surface area (Å²) in [5.74, 6) is -0.858. The quantitative estimate of drug-likeness (QED) is 0.685. The van der Waals surface area contributed by atoms with E-state index in [-0.39, 0.29) is 12.5 Å². The fraction of sp³-hybridized carbons (Fsp3) is 0.467. The molecular formula is C15H21BrN2O3. The van der Waals surface area contributed by atoms with Gasteiger partial charge in [-0.1, -0.05) is 28.1 Å². The van der Waals surface area contributed by atoms with Crippen LogP contribution in [0.1, 0.15) is 37.8 Å². The van der Waals surface area contributed by atoms with Crippen molar-refractivity contribution in [2.75, 3.05) is 6.54 Å². The number of carbonyl (C=O) groups is 2. The Bertz CT molecular complexity index is 530. The molecule has 3 N–H and O–H groups in total. The van der Waals surface area contributed by atoms with Crippen molar-refractivity contribution in [1.82, 2.24) is 10.6 Å². The molecule has 0 fully saturated rings. The van der Waals surface area contributed by atoms with Crippen LogP contribution >= 0.6 is 15.9 Å². The Kier molecular flexibility index (Phi) is 6.20. The number of hydrogen-bond acceptors (Lipinski definition) is 2. The smallest absolute Gasteiger partial charge is 0.315 e. The molecule has 5 nitrogen and oxygen atoms in total. The van der Waals surface area contributed by atoms with E-state index in [1.807, 2.05) is 39.0 Å². The molecule has 0 spiro atoms. The van der Waals surface area contributed by atoms with Gasteiger partial charge in [0, 0.05) is 17.4 Å². The molecule has 2 amide bonds. The highest BCUT2D eigenvalue weighted by Crippen LogP contribution is 2.25. The third-order valence-corrected chi connectivity index (χ3v) is 4.05. The number of aliphatic carboxylic acids is 1. The number of benzene rings is 1. The maximum Gasteiger partial charge on any atom is 0.315 e. The standard InChI is InChI=1S/C15H21BrN2O3/c1-10-9-11(6-7-12(10)16)15(2,3)18-14(21)17-8-4-5-13(19)20/h6-7,9H,4-5,8H2,1-3H3,(H,19,20)(H2,17,18,21). The minimum absolute atomic E-state index is 0.0512. The Labute approximate surface area is 133 Å². The zero-order valence-electron chi connectivity index (χ0n) is 12.5. The van der Waals surface area contributed by atoms with Gasteiger partial charge < -0.3 is 15.7 Å². The Morgan fingerprint density at radius 2 is 2.00 bits per heavy atom. The predicted molar refractivity (Wildman–Crippen MR) is 85.3 cm³/mol. The van der Waals surface area contributed by atoms with E-state index in [9.17, 15) is 9.59 Å². The molecule has 0 aliphatic heterocycles. The van der Waals surface area contributed by atoms with Crippen LogP contribution < -0.4 is 10.6 Å². The molecule has 0 atom stereocenters. The monoisotopic (exact) mass is 356 g/mol. The molecule has 0 unspecified atom stereocenters. The lowest BCUT2D eigenvalue weighted by Crippen LogP contribution is -2.46. The maximum absolute atomic E-state index is 11.8. The van der Waals surface area contributed by atoms with Crippen molar-refractivity contribution < 1.29 is 14.7 Å². The van der Waals surface area contributed by atoms with Gasteiger partial charge in [0.15, 0.2) is 0 Å². The van der Waals surface area contributed by atoms with E-state index < -0.39 is 11.5 Å². The highest BCUT2D eigenvalue weighted by molar-refractivity contribution is 9.10. The summed E-state index contributed by atoms with van der Waals surface area (Å²) in [5.41, 5.74) is 1.59. The molecule has 0 bridgehead atoms. The SMILES string of the molecule is Cc1cc(C(C)(C)NC(=O)NCCCC(=O)O)ccc1Br. The van der Waals surface area contributed by atoms with E-state index in [1.165, 1.54) is 0 Å². The summed E-state index contributed by atoms with van der Waals surface area (Å²) >= 11 is 3.45. The van der Waals surface area contributed by atoms with E-state index in [1.54, 1.807) is 0 Å². The van der Waals surface area contributed by atoms with Gasteiger partial charge in [0.2, 0.25) is 0 Å². The van der Waals surface area contributed by atoms with Gasteiger partial charge in [-0.2, -0.15) is 0 Å². The average molecular weight is 357 g/mol. The van der Waals surface area contributed by atoms with Crippen LogP contribution in [0.5, 0.6) is 0 Å². The van der Waals surface area contributed by atoms with Crippen molar-refractivity contribution in [2.24, 2.45) is 0 Å². The Morgan fingerprint density at radius 1 is 1.33 bits per heavy atom. The first-order chi connectivity index (χ1) is 9.72. The van der Waals surface area contributed by atoms with Crippen LogP contribution in [0.4, 0.5) is 4.79 Å². The number of rotatable bonds is 6. The number of urea groups is 1. The first-order valence-corrected chi connectivity index (χ1v) is 7.56. The summed E-state index contributed by atoms with van der Waals surface area (Å²) in [6, 6.07) is 5.64. The Morgan fingerprint density at radius 3 is 2.57 bits per heavy atom. The van der Waals surface area contributed by atoms with Crippen LogP contribution in [0, 0.1) is 6.92 Å². The summed E-state index contributed by atoms with van der Waals surface area (Å²) in [6.07, 6.45) is 0.468. The zero-order valence-corrected chi connectivity index (χ0v) is 14.1. The number of carboxylic acid groups (broad SMARTS) is 1. The second-order valence-electron chi connectivity index (χ2n) is 5.47. The van der Waals surface area contributed by atoms with Crippen molar-refractivity contribution in [1.29, 1.82) is 0 Å². The van der Waals surface area contributed by atoms with Gasteiger partial charge in [-0.15, -0.1) is 0 Å². The van der Waals surface area contributed by atoms with Gasteiger partial charge >= 0.3 is 12.0 Å².